The van der Waals surface area contributed by atoms with Crippen molar-refractivity contribution in [3.63, 3.8) is 0 Å². The van der Waals surface area contributed by atoms with Gasteiger partial charge in [-0.1, -0.05) is 19.9 Å². The van der Waals surface area contributed by atoms with Crippen molar-refractivity contribution in [3.8, 4) is 44.5 Å². The number of nitrogens with zero attached hydrogens (tertiary/aromatic N) is 12. The van der Waals surface area contributed by atoms with Crippen LogP contribution in [0.2, 0.25) is 0 Å². The molecular weight excluding hydrogens is 1650 g/mol. The number of rotatable bonds is 23. The Hall–Kier alpha value is -10.3. The predicted octanol–water partition coefficient (Wildman–Crippen LogP) is 17.0. The molecule has 6 fully saturated rings. The zero-order valence-corrected chi connectivity index (χ0v) is 72.4. The van der Waals surface area contributed by atoms with Crippen molar-refractivity contribution in [2.45, 2.75) is 158 Å². The zero-order valence-electron chi connectivity index (χ0n) is 69.1. The van der Waals surface area contributed by atoms with Crippen LogP contribution in [0, 0.1) is 0 Å². The van der Waals surface area contributed by atoms with Crippen LogP contribution in [0.15, 0.2) is 196 Å². The van der Waals surface area contributed by atoms with Crippen LogP contribution in [0.3, 0.4) is 0 Å². The Labute approximate surface area is 716 Å². The van der Waals surface area contributed by atoms with Crippen LogP contribution >= 0.6 is 0 Å². The summed E-state index contributed by atoms with van der Waals surface area (Å²) in [6, 6.07) is 34.2. The fourth-order valence-corrected chi connectivity index (χ4v) is 22.1. The van der Waals surface area contributed by atoms with Crippen LogP contribution in [-0.2, 0) is 52.9 Å². The van der Waals surface area contributed by atoms with Crippen molar-refractivity contribution in [2.24, 2.45) is 0 Å². The number of benzene rings is 4. The molecule has 0 radical (unpaired) electrons. The van der Waals surface area contributed by atoms with Crippen molar-refractivity contribution in [2.75, 3.05) is 85.6 Å². The molecular formula is C91H102F4N16O8S4. The molecule has 123 heavy (non-hydrogen) atoms. The van der Waals surface area contributed by atoms with Crippen LogP contribution in [0.5, 0.6) is 0 Å². The molecule has 646 valence electrons. The Morgan fingerprint density at radius 2 is 0.675 bits per heavy atom. The van der Waals surface area contributed by atoms with E-state index in [0.29, 0.717) is 89.2 Å². The maximum atomic E-state index is 13.1. The molecule has 18 rings (SSSR count). The molecule has 4 saturated heterocycles. The van der Waals surface area contributed by atoms with E-state index < -0.39 is 52.9 Å². The lowest BCUT2D eigenvalue weighted by Crippen LogP contribution is -2.43. The van der Waals surface area contributed by atoms with E-state index in [1.807, 2.05) is 91.9 Å². The van der Waals surface area contributed by atoms with Gasteiger partial charge in [-0.25, -0.2) is 68.5 Å². The highest BCUT2D eigenvalue weighted by Gasteiger charge is 2.43. The highest BCUT2D eigenvalue weighted by Crippen LogP contribution is 2.41. The lowest BCUT2D eigenvalue weighted by Gasteiger charge is -2.32. The fourth-order valence-electron chi connectivity index (χ4n) is 16.4. The number of piperidine rings is 4. The minimum Gasteiger partial charge on any atom is -0.382 e. The number of hydrogen-bond donors (Lipinski definition) is 4. The molecule has 24 nitrogen and oxygen atoms in total. The molecule has 4 aromatic carbocycles. The van der Waals surface area contributed by atoms with Crippen molar-refractivity contribution in [3.05, 3.63) is 218 Å². The lowest BCUT2D eigenvalue weighted by atomic mass is 9.99. The van der Waals surface area contributed by atoms with Gasteiger partial charge >= 0.3 is 0 Å². The Morgan fingerprint density at radius 3 is 0.984 bits per heavy atom. The number of fused-ring (bicyclic) bond motifs is 4. The van der Waals surface area contributed by atoms with Crippen molar-refractivity contribution >= 4 is 106 Å². The van der Waals surface area contributed by atoms with E-state index in [-0.39, 0.29) is 51.5 Å². The first-order valence-electron chi connectivity index (χ1n) is 42.1. The Bertz CT molecular complexity index is 6230. The monoisotopic (exact) mass is 1750 g/mol. The summed E-state index contributed by atoms with van der Waals surface area (Å²) in [6.45, 7) is 10.1. The standard InChI is InChI=1S/2C24H28N4O2S.C22H24F2N4O2S.C21H22F2N4O2S/c1-2-17-11-20(15-26-14-17)19-12-18-5-8-25-16-23(18)24(13-19)27-21-6-9-28(10-7-21)31(29,30)22-3-4-22;1-2-20-4-3-18(15-26-20)19-13-17-7-10-25-16-23(17)24(14-19)27-21-8-11-28(12-9-21)31(29,30)22-5-6-22;1-2-31(29,30)28-7-4-19(5-8-28)27-21-11-16(9-15-3-6-25-14-20(15)21)17-10-18(22(23)24)13-26-12-17;1-30(28,29)27-6-3-18(4-7-27)26-20-10-15(8-14-2-5-24-13-19(14)20)16-9-17(21(22)23)12-25-11-16/h5,8,11-16,21-22,27H,2-4,6-7,9-10H2,1H3;3-4,7,10,13-16,21-22,27H,2,5-6,8-9,11-12H2,1H3;3,6,9-14,19,22,27H,2,4-5,7-8H2,1H3;2,5,8-13,18,21,26H,3-4,6-7H2,1H3. The molecule has 2 saturated carbocycles. The number of halogens is 4. The third-order valence-electron chi connectivity index (χ3n) is 23.9. The first kappa shape index (κ1) is 87.6. The van der Waals surface area contributed by atoms with Gasteiger partial charge in [0.05, 0.1) is 22.5 Å². The molecule has 0 atom stereocenters. The number of sulfonamides is 4. The van der Waals surface area contributed by atoms with Crippen LogP contribution in [0.1, 0.15) is 133 Å². The summed E-state index contributed by atoms with van der Waals surface area (Å²) in [4.78, 5) is 34.0. The highest BCUT2D eigenvalue weighted by atomic mass is 32.2. The average Bonchev–Trinajstić information content (AvgIpc) is 1.55. The second-order valence-corrected chi connectivity index (χ2v) is 41.0. The summed E-state index contributed by atoms with van der Waals surface area (Å²) in [7, 11) is -12.5. The van der Waals surface area contributed by atoms with E-state index in [1.165, 1.54) is 40.7 Å². The smallest absolute Gasteiger partial charge is 0.265 e. The Morgan fingerprint density at radius 1 is 0.341 bits per heavy atom. The molecule has 2 aliphatic carbocycles. The minimum absolute atomic E-state index is 0.104. The van der Waals surface area contributed by atoms with E-state index in [2.05, 4.69) is 117 Å². The molecule has 8 aromatic heterocycles. The van der Waals surface area contributed by atoms with E-state index in [0.717, 1.165) is 169 Å². The summed E-state index contributed by atoms with van der Waals surface area (Å²) in [6.07, 6.45) is 32.8. The molecule has 4 aliphatic heterocycles. The number of aromatic nitrogens is 8. The molecule has 6 aliphatic rings. The van der Waals surface area contributed by atoms with E-state index in [9.17, 15) is 51.2 Å². The molecule has 12 aromatic rings. The van der Waals surface area contributed by atoms with Gasteiger partial charge in [0.1, 0.15) is 0 Å². The number of nitrogens with one attached hydrogen (secondary N) is 4. The number of anilines is 4. The van der Waals surface area contributed by atoms with Gasteiger partial charge in [0.2, 0.25) is 40.1 Å². The Kier molecular flexibility index (Phi) is 27.4. The lowest BCUT2D eigenvalue weighted by molar-refractivity contribution is 0.150. The number of pyridine rings is 8. The number of hydrogen-bond acceptors (Lipinski definition) is 20. The second-order valence-electron chi connectivity index (χ2n) is 32.3. The summed E-state index contributed by atoms with van der Waals surface area (Å²) in [5.74, 6) is 0.106. The van der Waals surface area contributed by atoms with Gasteiger partial charge in [-0.05, 0) is 243 Å². The average molecular weight is 1750 g/mol. The van der Waals surface area contributed by atoms with Crippen molar-refractivity contribution in [1.29, 1.82) is 0 Å². The molecule has 12 heterocycles. The second kappa shape index (κ2) is 38.4. The third-order valence-corrected chi connectivity index (χ3v) is 31.8. The van der Waals surface area contributed by atoms with E-state index in [1.54, 1.807) is 57.0 Å². The molecule has 0 bridgehead atoms. The van der Waals surface area contributed by atoms with Crippen molar-refractivity contribution < 1.29 is 51.2 Å². The van der Waals surface area contributed by atoms with Crippen LogP contribution in [-0.4, -0.2) is 190 Å². The molecule has 0 unspecified atom stereocenters. The van der Waals surface area contributed by atoms with Gasteiger partial charge in [-0.15, -0.1) is 0 Å². The van der Waals surface area contributed by atoms with Gasteiger partial charge < -0.3 is 21.3 Å². The first-order valence-corrected chi connectivity index (χ1v) is 48.6. The SMILES string of the molecule is CCS(=O)(=O)N1CCC(Nc2cc(-c3cncc(C(F)F)c3)cc3ccncc23)CC1.CCc1ccc(-c2cc(NC3CCN(S(=O)(=O)C4CC4)CC3)c3cnccc3c2)cn1.CCc1cncc(-c2cc(NC3CCN(S(=O)(=O)C4CC4)CC3)c3cnccc3c2)c1.CS(=O)(=O)N1CCC(Nc2cc(-c3cncc(C(F)F)c3)cc3ccncc23)CC1. The first-order chi connectivity index (χ1) is 59.3. The molecule has 4 N–H and O–H groups in total. The van der Waals surface area contributed by atoms with Crippen LogP contribution in [0.4, 0.5) is 40.3 Å². The summed E-state index contributed by atoms with van der Waals surface area (Å²) < 4.78 is 157. The van der Waals surface area contributed by atoms with Crippen LogP contribution in [0.25, 0.3) is 87.6 Å². The quantitative estimate of drug-likeness (QED) is 0.0433. The summed E-state index contributed by atoms with van der Waals surface area (Å²) in [5, 5.41) is 22.3. The summed E-state index contributed by atoms with van der Waals surface area (Å²) >= 11 is 0. The van der Waals surface area contributed by atoms with Gasteiger partial charge in [0, 0.05) is 253 Å². The molecule has 0 spiro atoms. The van der Waals surface area contributed by atoms with Gasteiger partial charge in [0.15, 0.2) is 0 Å². The number of aryl methyl sites for hydroxylation is 2. The van der Waals surface area contributed by atoms with Gasteiger partial charge in [-0.3, -0.25) is 39.9 Å². The van der Waals surface area contributed by atoms with Crippen molar-refractivity contribution in [1.82, 2.24) is 57.1 Å². The van der Waals surface area contributed by atoms with Gasteiger partial charge in [0.25, 0.3) is 12.9 Å². The van der Waals surface area contributed by atoms with E-state index in [4.69, 9.17) is 0 Å². The highest BCUT2D eigenvalue weighted by molar-refractivity contribution is 7.90. The minimum atomic E-state index is -3.18. The van der Waals surface area contributed by atoms with Crippen LogP contribution < -0.4 is 21.3 Å². The maximum absolute atomic E-state index is 13.1. The topological polar surface area (TPSA) is 301 Å². The van der Waals surface area contributed by atoms with Gasteiger partial charge in [-0.2, -0.15) is 0 Å². The largest absolute Gasteiger partial charge is 0.382 e. The molecule has 32 heteroatoms. The number of alkyl halides is 4. The normalized spacial score (nSPS) is 17.3. The van der Waals surface area contributed by atoms with E-state index >= 15 is 0 Å². The fraction of sp³-hybridized carbons (Fsp3) is 0.385. The zero-order chi connectivity index (χ0) is 86.2. The maximum Gasteiger partial charge on any atom is 0.265 e. The Balaban J connectivity index is 0.000000127. The predicted molar refractivity (Wildman–Crippen MR) is 480 cm³/mol. The third kappa shape index (κ3) is 21.4. The molecule has 0 amide bonds. The summed E-state index contributed by atoms with van der Waals surface area (Å²) in [5.41, 5.74) is 13.1.